The lowest BCUT2D eigenvalue weighted by atomic mass is 10.0. The van der Waals surface area contributed by atoms with Crippen molar-refractivity contribution in [3.8, 4) is 0 Å². The summed E-state index contributed by atoms with van der Waals surface area (Å²) in [5.74, 6) is 0. The van der Waals surface area contributed by atoms with Crippen molar-refractivity contribution in [1.29, 1.82) is 0 Å². The topological polar surface area (TPSA) is 27.7 Å². The lowest BCUT2D eigenvalue weighted by Crippen LogP contribution is -2.50. The number of hydrogen-bond donors (Lipinski definition) is 0. The third-order valence-electron chi connectivity index (χ3n) is 2.26. The smallest absolute Gasteiger partial charge is 0.145 e. The number of ether oxygens (including phenoxy) is 3. The van der Waals surface area contributed by atoms with Gasteiger partial charge in [-0.05, 0) is 27.7 Å². The second-order valence-electron chi connectivity index (χ2n) is 3.39. The maximum Gasteiger partial charge on any atom is 0.145 e. The first-order valence-corrected chi connectivity index (χ1v) is 5.56. The van der Waals surface area contributed by atoms with Crippen molar-refractivity contribution in [2.75, 3.05) is 33.0 Å². The first-order valence-electron chi connectivity index (χ1n) is 5.56. The molecule has 0 aliphatic rings. The van der Waals surface area contributed by atoms with E-state index in [-0.39, 0.29) is 13.2 Å². The van der Waals surface area contributed by atoms with Gasteiger partial charge in [0.25, 0.3) is 0 Å². The summed E-state index contributed by atoms with van der Waals surface area (Å²) < 4.78 is 29.6. The molecule has 4 heteroatoms. The predicted molar refractivity (Wildman–Crippen MR) is 57.9 cm³/mol. The van der Waals surface area contributed by atoms with Crippen molar-refractivity contribution >= 4 is 0 Å². The molecule has 0 aromatic heterocycles. The molecule has 1 atom stereocenters. The lowest BCUT2D eigenvalue weighted by molar-refractivity contribution is -0.162. The first-order chi connectivity index (χ1) is 7.13. The largest absolute Gasteiger partial charge is 0.379 e. The average molecular weight is 222 g/mol. The van der Waals surface area contributed by atoms with Crippen LogP contribution in [0.15, 0.2) is 0 Å². The Labute approximate surface area is 91.9 Å². The maximum atomic E-state index is 13.6. The molecule has 0 spiro atoms. The van der Waals surface area contributed by atoms with Crippen molar-refractivity contribution in [3.63, 3.8) is 0 Å². The molecular weight excluding hydrogens is 199 g/mol. The predicted octanol–water partition coefficient (Wildman–Crippen LogP) is 2.19. The fourth-order valence-electron chi connectivity index (χ4n) is 1.31. The highest BCUT2D eigenvalue weighted by Gasteiger charge is 2.38. The van der Waals surface area contributed by atoms with Crippen LogP contribution in [0.4, 0.5) is 4.39 Å². The standard InChI is InChI=1S/C11H23FO3/c1-5-13-8-11(10(4)12,15-7-3)9-14-6-2/h10H,5-9H2,1-4H3. The lowest BCUT2D eigenvalue weighted by Gasteiger charge is -2.34. The molecule has 1 unspecified atom stereocenters. The monoisotopic (exact) mass is 222 g/mol. The van der Waals surface area contributed by atoms with Gasteiger partial charge in [0.1, 0.15) is 11.8 Å². The van der Waals surface area contributed by atoms with E-state index in [0.717, 1.165) is 0 Å². The van der Waals surface area contributed by atoms with Gasteiger partial charge in [-0.3, -0.25) is 0 Å². The maximum absolute atomic E-state index is 13.6. The minimum absolute atomic E-state index is 0.231. The van der Waals surface area contributed by atoms with Gasteiger partial charge in [-0.15, -0.1) is 0 Å². The number of halogens is 1. The molecular formula is C11H23FO3. The van der Waals surface area contributed by atoms with E-state index in [1.165, 1.54) is 6.92 Å². The van der Waals surface area contributed by atoms with Gasteiger partial charge in [-0.25, -0.2) is 4.39 Å². The summed E-state index contributed by atoms with van der Waals surface area (Å²) >= 11 is 0. The molecule has 0 heterocycles. The molecule has 0 fully saturated rings. The summed E-state index contributed by atoms with van der Waals surface area (Å²) in [6.45, 7) is 9.09. The summed E-state index contributed by atoms with van der Waals surface area (Å²) in [5, 5.41) is 0. The molecule has 0 aliphatic heterocycles. The highest BCUT2D eigenvalue weighted by Crippen LogP contribution is 2.21. The van der Waals surface area contributed by atoms with Crippen molar-refractivity contribution < 1.29 is 18.6 Å². The molecule has 0 rings (SSSR count). The minimum atomic E-state index is -1.12. The van der Waals surface area contributed by atoms with Crippen LogP contribution in [0, 0.1) is 0 Å². The molecule has 0 saturated heterocycles. The molecule has 15 heavy (non-hydrogen) atoms. The van der Waals surface area contributed by atoms with Gasteiger partial charge in [0.2, 0.25) is 0 Å². The van der Waals surface area contributed by atoms with Crippen molar-refractivity contribution in [1.82, 2.24) is 0 Å². The summed E-state index contributed by atoms with van der Waals surface area (Å²) in [5.41, 5.74) is -0.958. The van der Waals surface area contributed by atoms with Crippen LogP contribution < -0.4 is 0 Å². The van der Waals surface area contributed by atoms with Gasteiger partial charge in [0, 0.05) is 19.8 Å². The quantitative estimate of drug-likeness (QED) is 0.598. The number of hydrogen-bond acceptors (Lipinski definition) is 3. The Kier molecular flexibility index (Phi) is 7.92. The van der Waals surface area contributed by atoms with E-state index < -0.39 is 11.8 Å². The Bertz CT molecular complexity index is 143. The minimum Gasteiger partial charge on any atom is -0.379 e. The second-order valence-corrected chi connectivity index (χ2v) is 3.39. The second kappa shape index (κ2) is 8.02. The van der Waals surface area contributed by atoms with Crippen LogP contribution in [0.5, 0.6) is 0 Å². The summed E-state index contributed by atoms with van der Waals surface area (Å²) in [7, 11) is 0. The molecule has 0 aliphatic carbocycles. The fraction of sp³-hybridized carbons (Fsp3) is 1.00. The van der Waals surface area contributed by atoms with Crippen LogP contribution >= 0.6 is 0 Å². The Morgan fingerprint density at radius 2 is 1.47 bits per heavy atom. The van der Waals surface area contributed by atoms with Crippen LogP contribution in [-0.4, -0.2) is 44.8 Å². The van der Waals surface area contributed by atoms with Crippen molar-refractivity contribution in [2.45, 2.75) is 39.5 Å². The zero-order chi connectivity index (χ0) is 11.7. The van der Waals surface area contributed by atoms with Crippen LogP contribution in [0.25, 0.3) is 0 Å². The fourth-order valence-corrected chi connectivity index (χ4v) is 1.31. The van der Waals surface area contributed by atoms with Gasteiger partial charge >= 0.3 is 0 Å². The van der Waals surface area contributed by atoms with Gasteiger partial charge < -0.3 is 14.2 Å². The van der Waals surface area contributed by atoms with Crippen LogP contribution in [-0.2, 0) is 14.2 Å². The molecule has 92 valence electrons. The van der Waals surface area contributed by atoms with Crippen molar-refractivity contribution in [2.24, 2.45) is 0 Å². The van der Waals surface area contributed by atoms with Crippen LogP contribution in [0.1, 0.15) is 27.7 Å². The third kappa shape index (κ3) is 4.91. The summed E-state index contributed by atoms with van der Waals surface area (Å²) in [4.78, 5) is 0. The summed E-state index contributed by atoms with van der Waals surface area (Å²) in [6, 6.07) is 0. The van der Waals surface area contributed by atoms with Gasteiger partial charge in [-0.2, -0.15) is 0 Å². The van der Waals surface area contributed by atoms with Crippen molar-refractivity contribution in [3.05, 3.63) is 0 Å². The summed E-state index contributed by atoms with van der Waals surface area (Å²) in [6.07, 6.45) is -1.12. The third-order valence-corrected chi connectivity index (χ3v) is 2.26. The molecule has 3 nitrogen and oxygen atoms in total. The Morgan fingerprint density at radius 3 is 1.73 bits per heavy atom. The van der Waals surface area contributed by atoms with E-state index in [0.29, 0.717) is 19.8 Å². The highest BCUT2D eigenvalue weighted by molar-refractivity contribution is 4.86. The van der Waals surface area contributed by atoms with E-state index in [1.807, 2.05) is 20.8 Å². The normalized spacial score (nSPS) is 14.2. The molecule has 0 aromatic rings. The zero-order valence-electron chi connectivity index (χ0n) is 10.2. The van der Waals surface area contributed by atoms with E-state index in [2.05, 4.69) is 0 Å². The molecule has 0 aromatic carbocycles. The molecule has 0 radical (unpaired) electrons. The van der Waals surface area contributed by atoms with Gasteiger partial charge in [0.15, 0.2) is 0 Å². The van der Waals surface area contributed by atoms with Gasteiger partial charge in [-0.1, -0.05) is 0 Å². The van der Waals surface area contributed by atoms with E-state index >= 15 is 0 Å². The van der Waals surface area contributed by atoms with Crippen LogP contribution in [0.3, 0.4) is 0 Å². The van der Waals surface area contributed by atoms with Crippen LogP contribution in [0.2, 0.25) is 0 Å². The molecule has 0 N–H and O–H groups in total. The zero-order valence-corrected chi connectivity index (χ0v) is 10.2. The highest BCUT2D eigenvalue weighted by atomic mass is 19.1. The number of alkyl halides is 1. The molecule has 0 amide bonds. The van der Waals surface area contributed by atoms with Gasteiger partial charge in [0.05, 0.1) is 13.2 Å². The van der Waals surface area contributed by atoms with E-state index in [4.69, 9.17) is 14.2 Å². The first kappa shape index (κ1) is 14.8. The molecule has 0 saturated carbocycles. The Morgan fingerprint density at radius 1 is 1.00 bits per heavy atom. The Hall–Kier alpha value is -0.190. The molecule has 0 bridgehead atoms. The Balaban J connectivity index is 4.41. The number of rotatable bonds is 9. The van der Waals surface area contributed by atoms with E-state index in [1.54, 1.807) is 0 Å². The SMILES string of the molecule is CCOCC(COCC)(OCC)C(C)F. The average Bonchev–Trinajstić information content (AvgIpc) is 2.22. The van der Waals surface area contributed by atoms with E-state index in [9.17, 15) is 4.39 Å².